The van der Waals surface area contributed by atoms with Gasteiger partial charge in [-0.1, -0.05) is 18.2 Å². The molecule has 0 amide bonds. The Morgan fingerprint density at radius 1 is 1.48 bits per heavy atom. The zero-order chi connectivity index (χ0) is 14.8. The zero-order valence-electron chi connectivity index (χ0n) is 12.0. The van der Waals surface area contributed by atoms with E-state index in [4.69, 9.17) is 0 Å². The molecule has 0 radical (unpaired) electrons. The number of carbonyl (C=O) groups is 1. The molecule has 5 heteroatoms. The number of carboxylic acids is 1. The van der Waals surface area contributed by atoms with Crippen LogP contribution in [0.1, 0.15) is 16.1 Å². The van der Waals surface area contributed by atoms with Crippen LogP contribution in [0.2, 0.25) is 0 Å². The normalized spacial score (nSPS) is 17.6. The number of para-hydroxylation sites is 1. The topological polar surface area (TPSA) is 53.4 Å². The van der Waals surface area contributed by atoms with E-state index in [1.807, 2.05) is 30.6 Å². The number of nitrogens with zero attached hydrogens (tertiary/aromatic N) is 2. The zero-order valence-corrected chi connectivity index (χ0v) is 12.8. The maximum atomic E-state index is 11.4. The molecule has 1 aliphatic heterocycles. The molecule has 21 heavy (non-hydrogen) atoms. The van der Waals surface area contributed by atoms with Crippen molar-refractivity contribution in [3.05, 3.63) is 45.9 Å². The summed E-state index contributed by atoms with van der Waals surface area (Å²) in [6.07, 6.45) is 1.54. The molecular weight excluding hydrogens is 284 g/mol. The molecule has 1 N–H and O–H groups in total. The maximum absolute atomic E-state index is 11.4. The van der Waals surface area contributed by atoms with Gasteiger partial charge in [0, 0.05) is 30.1 Å². The Balaban J connectivity index is 1.80. The molecule has 4 nitrogen and oxygen atoms in total. The van der Waals surface area contributed by atoms with Crippen LogP contribution >= 0.6 is 11.3 Å². The molecule has 0 saturated carbocycles. The minimum absolute atomic E-state index is 0.317. The van der Waals surface area contributed by atoms with Crippen LogP contribution in [0.5, 0.6) is 0 Å². The molecule has 2 aromatic rings. The second-order valence-electron chi connectivity index (χ2n) is 5.42. The third kappa shape index (κ3) is 2.93. The molecule has 1 atom stereocenters. The molecule has 0 aliphatic carbocycles. The summed E-state index contributed by atoms with van der Waals surface area (Å²) in [6, 6.07) is 8.13. The number of aliphatic carboxylic acids is 1. The van der Waals surface area contributed by atoms with Gasteiger partial charge in [-0.05, 0) is 25.0 Å². The van der Waals surface area contributed by atoms with Crippen LogP contribution in [0.15, 0.2) is 29.8 Å². The smallest absolute Gasteiger partial charge is 0.308 e. The summed E-state index contributed by atoms with van der Waals surface area (Å²) in [5.41, 5.74) is 5.27. The first-order chi connectivity index (χ1) is 10.1. The molecule has 0 bridgehead atoms. The second-order valence-corrected chi connectivity index (χ2v) is 6.36. The predicted molar refractivity (Wildman–Crippen MR) is 84.0 cm³/mol. The van der Waals surface area contributed by atoms with E-state index in [2.05, 4.69) is 16.0 Å². The van der Waals surface area contributed by atoms with E-state index < -0.39 is 5.97 Å². The van der Waals surface area contributed by atoms with Crippen molar-refractivity contribution < 1.29 is 9.90 Å². The largest absolute Gasteiger partial charge is 0.481 e. The lowest BCUT2D eigenvalue weighted by atomic mass is 9.92. The molecular formula is C16H18N2O2S. The second kappa shape index (κ2) is 5.85. The van der Waals surface area contributed by atoms with Crippen LogP contribution in [0.3, 0.4) is 0 Å². The van der Waals surface area contributed by atoms with Gasteiger partial charge in [-0.15, -0.1) is 11.3 Å². The summed E-state index contributed by atoms with van der Waals surface area (Å²) in [6.45, 7) is 3.45. The van der Waals surface area contributed by atoms with E-state index in [0.717, 1.165) is 24.2 Å². The van der Waals surface area contributed by atoms with Gasteiger partial charge in [0.25, 0.3) is 0 Å². The number of benzene rings is 1. The Morgan fingerprint density at radius 2 is 2.29 bits per heavy atom. The number of thiazole rings is 1. The molecule has 110 valence electrons. The SMILES string of the molecule is Cc1ncsc1CCN1CC(C(=O)O)Cc2ccccc21. The van der Waals surface area contributed by atoms with Gasteiger partial charge < -0.3 is 10.0 Å². The molecule has 0 spiro atoms. The summed E-state index contributed by atoms with van der Waals surface area (Å²) >= 11 is 1.67. The van der Waals surface area contributed by atoms with Crippen molar-refractivity contribution in [1.29, 1.82) is 0 Å². The van der Waals surface area contributed by atoms with E-state index in [1.165, 1.54) is 10.6 Å². The minimum atomic E-state index is -0.705. The quantitative estimate of drug-likeness (QED) is 0.943. The van der Waals surface area contributed by atoms with Crippen molar-refractivity contribution >= 4 is 23.0 Å². The summed E-state index contributed by atoms with van der Waals surface area (Å²) in [5.74, 6) is -1.02. The Hall–Kier alpha value is -1.88. The van der Waals surface area contributed by atoms with Crippen molar-refractivity contribution in [3.8, 4) is 0 Å². The Kier molecular flexibility index (Phi) is 3.92. The fourth-order valence-corrected chi connectivity index (χ4v) is 3.64. The fraction of sp³-hybridized carbons (Fsp3) is 0.375. The lowest BCUT2D eigenvalue weighted by Crippen LogP contribution is -2.40. The van der Waals surface area contributed by atoms with E-state index in [0.29, 0.717) is 13.0 Å². The van der Waals surface area contributed by atoms with Crippen molar-refractivity contribution in [2.45, 2.75) is 19.8 Å². The van der Waals surface area contributed by atoms with Crippen molar-refractivity contribution in [1.82, 2.24) is 4.98 Å². The summed E-state index contributed by atoms with van der Waals surface area (Å²) in [4.78, 5) is 19.1. The number of fused-ring (bicyclic) bond motifs is 1. The van der Waals surface area contributed by atoms with Crippen LogP contribution in [0.4, 0.5) is 5.69 Å². The number of hydrogen-bond acceptors (Lipinski definition) is 4. The number of anilines is 1. The minimum Gasteiger partial charge on any atom is -0.481 e. The van der Waals surface area contributed by atoms with E-state index in [9.17, 15) is 9.90 Å². The van der Waals surface area contributed by atoms with Gasteiger partial charge in [0.15, 0.2) is 0 Å². The van der Waals surface area contributed by atoms with Crippen LogP contribution < -0.4 is 4.90 Å². The van der Waals surface area contributed by atoms with Gasteiger partial charge in [-0.2, -0.15) is 0 Å². The van der Waals surface area contributed by atoms with Gasteiger partial charge in [0.05, 0.1) is 17.1 Å². The highest BCUT2D eigenvalue weighted by Gasteiger charge is 2.28. The van der Waals surface area contributed by atoms with Gasteiger partial charge in [0.1, 0.15) is 0 Å². The lowest BCUT2D eigenvalue weighted by Gasteiger charge is -2.34. The first-order valence-corrected chi connectivity index (χ1v) is 7.97. The number of hydrogen-bond donors (Lipinski definition) is 1. The first kappa shape index (κ1) is 14.1. The molecule has 3 rings (SSSR count). The van der Waals surface area contributed by atoms with E-state index in [-0.39, 0.29) is 5.92 Å². The summed E-state index contributed by atoms with van der Waals surface area (Å²) in [7, 11) is 0. The molecule has 1 aromatic carbocycles. The van der Waals surface area contributed by atoms with Gasteiger partial charge in [0.2, 0.25) is 0 Å². The van der Waals surface area contributed by atoms with Crippen molar-refractivity contribution in [2.24, 2.45) is 5.92 Å². The number of carboxylic acid groups (broad SMARTS) is 1. The monoisotopic (exact) mass is 302 g/mol. The van der Waals surface area contributed by atoms with E-state index in [1.54, 1.807) is 11.3 Å². The van der Waals surface area contributed by atoms with Gasteiger partial charge in [-0.3, -0.25) is 4.79 Å². The van der Waals surface area contributed by atoms with Gasteiger partial charge >= 0.3 is 5.97 Å². The molecule has 1 aromatic heterocycles. The molecule has 0 fully saturated rings. The first-order valence-electron chi connectivity index (χ1n) is 7.10. The molecule has 1 aliphatic rings. The molecule has 2 heterocycles. The Bertz CT molecular complexity index is 653. The highest BCUT2D eigenvalue weighted by atomic mass is 32.1. The van der Waals surface area contributed by atoms with Crippen LogP contribution in [0.25, 0.3) is 0 Å². The highest BCUT2D eigenvalue weighted by Crippen LogP contribution is 2.30. The average Bonchev–Trinajstić information content (AvgIpc) is 2.89. The Labute approximate surface area is 128 Å². The van der Waals surface area contributed by atoms with E-state index >= 15 is 0 Å². The summed E-state index contributed by atoms with van der Waals surface area (Å²) in [5, 5.41) is 9.34. The van der Waals surface area contributed by atoms with Gasteiger partial charge in [-0.25, -0.2) is 4.98 Å². The van der Waals surface area contributed by atoms with Crippen LogP contribution in [-0.4, -0.2) is 29.1 Å². The number of aromatic nitrogens is 1. The third-order valence-electron chi connectivity index (χ3n) is 4.04. The fourth-order valence-electron chi connectivity index (χ4n) is 2.87. The molecule has 0 saturated heterocycles. The molecule has 1 unspecified atom stereocenters. The van der Waals surface area contributed by atoms with Crippen molar-refractivity contribution in [2.75, 3.05) is 18.0 Å². The lowest BCUT2D eigenvalue weighted by molar-refractivity contribution is -0.141. The van der Waals surface area contributed by atoms with Crippen molar-refractivity contribution in [3.63, 3.8) is 0 Å². The predicted octanol–water partition coefficient (Wildman–Crippen LogP) is 2.76. The maximum Gasteiger partial charge on any atom is 0.308 e. The Morgan fingerprint density at radius 3 is 3.00 bits per heavy atom. The number of rotatable bonds is 4. The average molecular weight is 302 g/mol. The summed E-state index contributed by atoms with van der Waals surface area (Å²) < 4.78 is 0. The highest BCUT2D eigenvalue weighted by molar-refractivity contribution is 7.09. The third-order valence-corrected chi connectivity index (χ3v) is 5.04. The van der Waals surface area contributed by atoms with Crippen LogP contribution in [-0.2, 0) is 17.6 Å². The standard InChI is InChI=1S/C16H18N2O2S/c1-11-15(21-10-17-11)6-7-18-9-13(16(19)20)8-12-4-2-3-5-14(12)18/h2-5,10,13H,6-9H2,1H3,(H,19,20). The van der Waals surface area contributed by atoms with Crippen LogP contribution in [0, 0.1) is 12.8 Å². The number of aryl methyl sites for hydroxylation is 1.